The summed E-state index contributed by atoms with van der Waals surface area (Å²) in [6, 6.07) is 15.1. The smallest absolute Gasteiger partial charge is 0.497 e. The number of nitrogens with zero attached hydrogens (tertiary/aromatic N) is 1. The number of ether oxygens (including phenoxy) is 5. The summed E-state index contributed by atoms with van der Waals surface area (Å²) in [5.41, 5.74) is 1.51. The zero-order chi connectivity index (χ0) is 29.3. The number of carbonyl (C=O) groups excluding carboxylic acids is 2. The van der Waals surface area contributed by atoms with E-state index in [9.17, 15) is 22.8 Å². The fourth-order valence-electron chi connectivity index (χ4n) is 3.78. The van der Waals surface area contributed by atoms with E-state index in [2.05, 4.69) is 10.1 Å². The molecule has 40 heavy (non-hydrogen) atoms. The van der Waals surface area contributed by atoms with Gasteiger partial charge in [0.25, 0.3) is 0 Å². The molecule has 3 aromatic rings. The molecule has 214 valence electrons. The predicted molar refractivity (Wildman–Crippen MR) is 141 cm³/mol. The molecule has 0 fully saturated rings. The Bertz CT molecular complexity index is 1270. The summed E-state index contributed by atoms with van der Waals surface area (Å²) in [5.74, 6) is 0.433. The van der Waals surface area contributed by atoms with Gasteiger partial charge in [0, 0.05) is 30.7 Å². The van der Waals surface area contributed by atoms with Crippen LogP contribution in [0.4, 0.5) is 24.5 Å². The van der Waals surface area contributed by atoms with Gasteiger partial charge in [-0.25, -0.2) is 0 Å². The van der Waals surface area contributed by atoms with Gasteiger partial charge in [0.15, 0.2) is 11.5 Å². The van der Waals surface area contributed by atoms with E-state index >= 15 is 0 Å². The van der Waals surface area contributed by atoms with Crippen molar-refractivity contribution >= 4 is 23.2 Å². The van der Waals surface area contributed by atoms with Gasteiger partial charge < -0.3 is 33.9 Å². The maximum atomic E-state index is 13.4. The van der Waals surface area contributed by atoms with E-state index < -0.39 is 18.0 Å². The van der Waals surface area contributed by atoms with Gasteiger partial charge in [-0.15, -0.1) is 13.2 Å². The molecule has 0 spiro atoms. The maximum Gasteiger partial charge on any atom is 0.573 e. The van der Waals surface area contributed by atoms with Gasteiger partial charge in [-0.1, -0.05) is 12.1 Å². The lowest BCUT2D eigenvalue weighted by Gasteiger charge is -2.25. The van der Waals surface area contributed by atoms with Gasteiger partial charge in [-0.05, 0) is 42.0 Å². The maximum absolute atomic E-state index is 13.4. The SMILES string of the molecule is COc1ccc(CN(C(=O)CCC(=O)Nc2ccc(OC(F)(F)F)cc2)c2cc(OC)c(OC)c(OC)c2)cc1. The number of anilines is 2. The summed E-state index contributed by atoms with van der Waals surface area (Å²) in [4.78, 5) is 27.5. The number of amides is 2. The van der Waals surface area contributed by atoms with Crippen LogP contribution in [0.3, 0.4) is 0 Å². The number of benzene rings is 3. The Morgan fingerprint density at radius 1 is 0.775 bits per heavy atom. The van der Waals surface area contributed by atoms with Gasteiger partial charge in [0.1, 0.15) is 11.5 Å². The van der Waals surface area contributed by atoms with Crippen molar-refractivity contribution in [2.24, 2.45) is 0 Å². The molecule has 9 nitrogen and oxygen atoms in total. The Balaban J connectivity index is 1.78. The van der Waals surface area contributed by atoms with E-state index in [0.29, 0.717) is 28.7 Å². The predicted octanol–water partition coefficient (Wildman–Crippen LogP) is 5.57. The minimum atomic E-state index is -4.82. The van der Waals surface area contributed by atoms with Crippen molar-refractivity contribution in [1.29, 1.82) is 0 Å². The first kappa shape index (κ1) is 29.9. The van der Waals surface area contributed by atoms with Gasteiger partial charge in [0.05, 0.1) is 40.7 Å². The molecular weight excluding hydrogens is 533 g/mol. The van der Waals surface area contributed by atoms with Crippen LogP contribution in [0.2, 0.25) is 0 Å². The zero-order valence-corrected chi connectivity index (χ0v) is 22.3. The molecule has 0 atom stereocenters. The fraction of sp³-hybridized carbons (Fsp3) is 0.286. The first-order chi connectivity index (χ1) is 19.1. The second-order valence-electron chi connectivity index (χ2n) is 8.33. The number of halogens is 3. The molecule has 0 aromatic heterocycles. The number of hydrogen-bond acceptors (Lipinski definition) is 7. The van der Waals surface area contributed by atoms with Crippen molar-refractivity contribution in [3.63, 3.8) is 0 Å². The van der Waals surface area contributed by atoms with Crippen molar-refractivity contribution in [3.05, 3.63) is 66.2 Å². The summed E-state index contributed by atoms with van der Waals surface area (Å²) >= 11 is 0. The van der Waals surface area contributed by atoms with Crippen LogP contribution >= 0.6 is 0 Å². The molecule has 0 saturated carbocycles. The number of methoxy groups -OCH3 is 4. The van der Waals surface area contributed by atoms with E-state index in [1.165, 1.54) is 38.4 Å². The van der Waals surface area contributed by atoms with Crippen LogP contribution in [-0.4, -0.2) is 46.6 Å². The highest BCUT2D eigenvalue weighted by atomic mass is 19.4. The Morgan fingerprint density at radius 2 is 1.35 bits per heavy atom. The minimum Gasteiger partial charge on any atom is -0.497 e. The van der Waals surface area contributed by atoms with Crippen molar-refractivity contribution in [1.82, 2.24) is 0 Å². The van der Waals surface area contributed by atoms with Crippen molar-refractivity contribution < 1.29 is 46.4 Å². The lowest BCUT2D eigenvalue weighted by atomic mass is 10.1. The van der Waals surface area contributed by atoms with Crippen molar-refractivity contribution in [3.8, 4) is 28.7 Å². The number of hydrogen-bond donors (Lipinski definition) is 1. The summed E-state index contributed by atoms with van der Waals surface area (Å²) < 4.78 is 62.3. The molecule has 3 aromatic carbocycles. The third-order valence-electron chi connectivity index (χ3n) is 5.70. The van der Waals surface area contributed by atoms with E-state index in [1.807, 2.05) is 12.1 Å². The highest BCUT2D eigenvalue weighted by Crippen LogP contribution is 2.41. The molecule has 0 bridgehead atoms. The average molecular weight is 563 g/mol. The Labute approximate surface area is 229 Å². The van der Waals surface area contributed by atoms with Gasteiger partial charge in [-0.3, -0.25) is 9.59 Å². The normalized spacial score (nSPS) is 10.9. The van der Waals surface area contributed by atoms with E-state index in [-0.39, 0.29) is 31.0 Å². The molecule has 1 N–H and O–H groups in total. The van der Waals surface area contributed by atoms with Gasteiger partial charge in [-0.2, -0.15) is 0 Å². The Hall–Kier alpha value is -4.61. The Morgan fingerprint density at radius 3 is 1.85 bits per heavy atom. The molecule has 0 radical (unpaired) electrons. The van der Waals surface area contributed by atoms with Crippen LogP contribution in [0, 0.1) is 0 Å². The summed E-state index contributed by atoms with van der Waals surface area (Å²) in [5, 5.41) is 2.56. The average Bonchev–Trinajstić information content (AvgIpc) is 2.94. The van der Waals surface area contributed by atoms with Crippen molar-refractivity contribution in [2.45, 2.75) is 25.7 Å². The van der Waals surface area contributed by atoms with Gasteiger partial charge >= 0.3 is 6.36 Å². The molecule has 0 aliphatic heterocycles. The molecule has 0 saturated heterocycles. The van der Waals surface area contributed by atoms with Crippen LogP contribution in [0.5, 0.6) is 28.7 Å². The molecule has 2 amide bonds. The zero-order valence-electron chi connectivity index (χ0n) is 22.3. The molecular formula is C28H29F3N2O7. The van der Waals surface area contributed by atoms with Crippen LogP contribution < -0.4 is 33.9 Å². The highest BCUT2D eigenvalue weighted by molar-refractivity contribution is 5.98. The second kappa shape index (κ2) is 13.5. The van der Waals surface area contributed by atoms with Crippen LogP contribution in [-0.2, 0) is 16.1 Å². The number of alkyl halides is 3. The third-order valence-corrected chi connectivity index (χ3v) is 5.70. The summed E-state index contributed by atoms with van der Waals surface area (Å²) in [6.45, 7) is 0.170. The standard InChI is InChI=1S/C28H29F3N2O7/c1-36-21-9-5-18(6-10-21)17-33(20-15-23(37-2)27(39-4)24(16-20)38-3)26(35)14-13-25(34)32-19-7-11-22(12-8-19)40-28(29,30)31/h5-12,15-16H,13-14,17H2,1-4H3,(H,32,34). The minimum absolute atomic E-state index is 0.159. The molecule has 0 aliphatic carbocycles. The fourth-order valence-corrected chi connectivity index (χ4v) is 3.78. The molecule has 3 rings (SSSR count). The highest BCUT2D eigenvalue weighted by Gasteiger charge is 2.31. The van der Waals surface area contributed by atoms with Crippen LogP contribution in [0.25, 0.3) is 0 Å². The lowest BCUT2D eigenvalue weighted by Crippen LogP contribution is -2.31. The first-order valence-corrected chi connectivity index (χ1v) is 12.0. The van der Waals surface area contributed by atoms with E-state index in [4.69, 9.17) is 18.9 Å². The topological polar surface area (TPSA) is 95.6 Å². The van der Waals surface area contributed by atoms with Crippen LogP contribution in [0.15, 0.2) is 60.7 Å². The first-order valence-electron chi connectivity index (χ1n) is 12.0. The molecule has 0 aliphatic rings. The molecule has 12 heteroatoms. The monoisotopic (exact) mass is 562 g/mol. The van der Waals surface area contributed by atoms with Crippen molar-refractivity contribution in [2.75, 3.05) is 38.7 Å². The number of rotatable bonds is 12. The van der Waals surface area contributed by atoms with Crippen LogP contribution in [0.1, 0.15) is 18.4 Å². The van der Waals surface area contributed by atoms with E-state index in [0.717, 1.165) is 17.7 Å². The summed E-state index contributed by atoms with van der Waals surface area (Å²) in [7, 11) is 5.94. The third kappa shape index (κ3) is 8.19. The molecule has 0 unspecified atom stereocenters. The Kier molecular flexibility index (Phi) is 10.1. The largest absolute Gasteiger partial charge is 0.573 e. The number of carbonyl (C=O) groups is 2. The quantitative estimate of drug-likeness (QED) is 0.308. The van der Waals surface area contributed by atoms with E-state index in [1.54, 1.807) is 31.4 Å². The molecule has 0 heterocycles. The summed E-state index contributed by atoms with van der Waals surface area (Å²) in [6.07, 6.45) is -5.15. The van der Waals surface area contributed by atoms with Gasteiger partial charge in [0.2, 0.25) is 17.6 Å². The lowest BCUT2D eigenvalue weighted by molar-refractivity contribution is -0.274. The number of nitrogens with one attached hydrogen (secondary N) is 1. The second-order valence-corrected chi connectivity index (χ2v) is 8.33.